The number of amides is 1. The molecule has 2 aromatic rings. The zero-order chi connectivity index (χ0) is 11.4. The summed E-state index contributed by atoms with van der Waals surface area (Å²) in [6.07, 6.45) is 2.03. The van der Waals surface area contributed by atoms with E-state index >= 15 is 0 Å². The first-order valence-electron chi connectivity index (χ1n) is 4.78. The summed E-state index contributed by atoms with van der Waals surface area (Å²) in [6.45, 7) is 0. The van der Waals surface area contributed by atoms with Crippen molar-refractivity contribution >= 4 is 34.7 Å². The molecule has 1 N–H and O–H groups in total. The van der Waals surface area contributed by atoms with Crippen molar-refractivity contribution < 1.29 is 4.79 Å². The van der Waals surface area contributed by atoms with E-state index in [4.69, 9.17) is 0 Å². The van der Waals surface area contributed by atoms with E-state index in [0.717, 1.165) is 10.6 Å². The second-order valence-electron chi connectivity index (χ2n) is 3.16. The van der Waals surface area contributed by atoms with Gasteiger partial charge in [-0.15, -0.1) is 23.1 Å². The van der Waals surface area contributed by atoms with E-state index in [2.05, 4.69) is 5.32 Å². The molecule has 16 heavy (non-hydrogen) atoms. The van der Waals surface area contributed by atoms with Gasteiger partial charge in [0.1, 0.15) is 0 Å². The number of benzene rings is 1. The molecule has 2 nitrogen and oxygen atoms in total. The first kappa shape index (κ1) is 11.2. The van der Waals surface area contributed by atoms with Gasteiger partial charge in [0.05, 0.1) is 4.88 Å². The molecule has 1 aromatic heterocycles. The third-order valence-electron chi connectivity index (χ3n) is 2.09. The monoisotopic (exact) mass is 249 g/mol. The molecule has 82 valence electrons. The van der Waals surface area contributed by atoms with Crippen molar-refractivity contribution in [2.75, 3.05) is 11.6 Å². The quantitative estimate of drug-likeness (QED) is 0.840. The van der Waals surface area contributed by atoms with Crippen molar-refractivity contribution in [3.8, 4) is 0 Å². The van der Waals surface area contributed by atoms with Gasteiger partial charge in [0, 0.05) is 10.6 Å². The molecule has 0 fully saturated rings. The van der Waals surface area contributed by atoms with Crippen LogP contribution in [0.15, 0.2) is 46.7 Å². The first-order valence-corrected chi connectivity index (χ1v) is 6.89. The highest BCUT2D eigenvalue weighted by atomic mass is 32.2. The lowest BCUT2D eigenvalue weighted by atomic mass is 10.3. The zero-order valence-corrected chi connectivity index (χ0v) is 10.4. The third-order valence-corrected chi connectivity index (χ3v) is 3.71. The van der Waals surface area contributed by atoms with E-state index in [1.807, 2.05) is 48.0 Å². The predicted octanol–water partition coefficient (Wildman–Crippen LogP) is 3.72. The smallest absolute Gasteiger partial charge is 0.265 e. The molecule has 0 aliphatic rings. The Labute approximate surface area is 103 Å². The summed E-state index contributed by atoms with van der Waals surface area (Å²) in [6, 6.07) is 11.5. The van der Waals surface area contributed by atoms with Crippen LogP contribution in [-0.2, 0) is 0 Å². The SMILES string of the molecule is CSc1ccc(NC(=O)c2cccs2)cc1. The number of hydrogen-bond donors (Lipinski definition) is 1. The molecule has 0 saturated carbocycles. The van der Waals surface area contributed by atoms with E-state index in [0.29, 0.717) is 0 Å². The fourth-order valence-electron chi connectivity index (χ4n) is 1.27. The van der Waals surface area contributed by atoms with Crippen LogP contribution in [0.25, 0.3) is 0 Å². The summed E-state index contributed by atoms with van der Waals surface area (Å²) >= 11 is 3.13. The average Bonchev–Trinajstić information content (AvgIpc) is 2.83. The van der Waals surface area contributed by atoms with Gasteiger partial charge in [-0.1, -0.05) is 6.07 Å². The van der Waals surface area contributed by atoms with Crippen LogP contribution < -0.4 is 5.32 Å². The van der Waals surface area contributed by atoms with Crippen molar-refractivity contribution in [2.24, 2.45) is 0 Å². The Balaban J connectivity index is 2.06. The van der Waals surface area contributed by atoms with E-state index in [-0.39, 0.29) is 5.91 Å². The highest BCUT2D eigenvalue weighted by molar-refractivity contribution is 7.98. The van der Waals surface area contributed by atoms with E-state index in [1.165, 1.54) is 16.2 Å². The molecular weight excluding hydrogens is 238 g/mol. The summed E-state index contributed by atoms with van der Waals surface area (Å²) in [5.74, 6) is -0.0492. The fraction of sp³-hybridized carbons (Fsp3) is 0.0833. The Morgan fingerprint density at radius 1 is 1.25 bits per heavy atom. The number of nitrogens with one attached hydrogen (secondary N) is 1. The van der Waals surface area contributed by atoms with E-state index in [1.54, 1.807) is 11.8 Å². The molecule has 0 unspecified atom stereocenters. The largest absolute Gasteiger partial charge is 0.321 e. The van der Waals surface area contributed by atoms with Crippen molar-refractivity contribution in [1.82, 2.24) is 0 Å². The van der Waals surface area contributed by atoms with Gasteiger partial charge in [-0.3, -0.25) is 4.79 Å². The maximum Gasteiger partial charge on any atom is 0.265 e. The molecule has 0 radical (unpaired) electrons. The van der Waals surface area contributed by atoms with Crippen LogP contribution in [-0.4, -0.2) is 12.2 Å². The molecule has 4 heteroatoms. The van der Waals surface area contributed by atoms with Gasteiger partial charge in [-0.25, -0.2) is 0 Å². The van der Waals surface area contributed by atoms with Crippen LogP contribution in [0.5, 0.6) is 0 Å². The van der Waals surface area contributed by atoms with Crippen molar-refractivity contribution in [1.29, 1.82) is 0 Å². The van der Waals surface area contributed by atoms with Gasteiger partial charge in [0.25, 0.3) is 5.91 Å². The van der Waals surface area contributed by atoms with Gasteiger partial charge in [-0.05, 0) is 42.0 Å². The van der Waals surface area contributed by atoms with Crippen LogP contribution >= 0.6 is 23.1 Å². The maximum atomic E-state index is 11.7. The number of anilines is 1. The molecule has 0 atom stereocenters. The summed E-state index contributed by atoms with van der Waals surface area (Å²) in [7, 11) is 0. The van der Waals surface area contributed by atoms with Gasteiger partial charge in [-0.2, -0.15) is 0 Å². The lowest BCUT2D eigenvalue weighted by molar-refractivity contribution is 0.103. The van der Waals surface area contributed by atoms with Crippen molar-refractivity contribution in [2.45, 2.75) is 4.90 Å². The molecule has 0 bridgehead atoms. The summed E-state index contributed by atoms with van der Waals surface area (Å²) in [5, 5.41) is 4.75. The summed E-state index contributed by atoms with van der Waals surface area (Å²) in [4.78, 5) is 13.6. The van der Waals surface area contributed by atoms with Gasteiger partial charge >= 0.3 is 0 Å². The fourth-order valence-corrected chi connectivity index (χ4v) is 2.30. The van der Waals surface area contributed by atoms with Crippen LogP contribution in [0, 0.1) is 0 Å². The lowest BCUT2D eigenvalue weighted by Crippen LogP contribution is -2.09. The lowest BCUT2D eigenvalue weighted by Gasteiger charge is -2.04. The molecule has 1 amide bonds. The van der Waals surface area contributed by atoms with Crippen molar-refractivity contribution in [3.05, 3.63) is 46.7 Å². The number of thiophene rings is 1. The third kappa shape index (κ3) is 2.65. The molecular formula is C12H11NOS2. The molecule has 1 aromatic carbocycles. The highest BCUT2D eigenvalue weighted by Gasteiger charge is 2.06. The Morgan fingerprint density at radius 2 is 2.00 bits per heavy atom. The molecule has 0 aliphatic carbocycles. The topological polar surface area (TPSA) is 29.1 Å². The Hall–Kier alpha value is -1.26. The second kappa shape index (κ2) is 5.18. The Kier molecular flexibility index (Phi) is 3.64. The Morgan fingerprint density at radius 3 is 2.56 bits per heavy atom. The Bertz CT molecular complexity index is 462. The molecule has 0 aliphatic heterocycles. The molecule has 1 heterocycles. The first-order chi connectivity index (χ1) is 7.79. The van der Waals surface area contributed by atoms with Crippen LogP contribution in [0.2, 0.25) is 0 Å². The van der Waals surface area contributed by atoms with E-state index < -0.39 is 0 Å². The van der Waals surface area contributed by atoms with Crippen molar-refractivity contribution in [3.63, 3.8) is 0 Å². The standard InChI is InChI=1S/C12H11NOS2/c1-15-10-6-4-9(5-7-10)13-12(14)11-3-2-8-16-11/h2-8H,1H3,(H,13,14). The van der Waals surface area contributed by atoms with Crippen LogP contribution in [0.4, 0.5) is 5.69 Å². The van der Waals surface area contributed by atoms with E-state index in [9.17, 15) is 4.79 Å². The van der Waals surface area contributed by atoms with Crippen LogP contribution in [0.3, 0.4) is 0 Å². The summed E-state index contributed by atoms with van der Waals surface area (Å²) in [5.41, 5.74) is 0.830. The average molecular weight is 249 g/mol. The number of rotatable bonds is 3. The molecule has 0 spiro atoms. The second-order valence-corrected chi connectivity index (χ2v) is 4.99. The number of thioether (sulfide) groups is 1. The van der Waals surface area contributed by atoms with Gasteiger partial charge in [0.15, 0.2) is 0 Å². The minimum atomic E-state index is -0.0492. The minimum absolute atomic E-state index is 0.0492. The maximum absolute atomic E-state index is 11.7. The minimum Gasteiger partial charge on any atom is -0.321 e. The molecule has 0 saturated heterocycles. The number of hydrogen-bond acceptors (Lipinski definition) is 3. The van der Waals surface area contributed by atoms with Crippen LogP contribution in [0.1, 0.15) is 9.67 Å². The predicted molar refractivity (Wildman–Crippen MR) is 70.5 cm³/mol. The summed E-state index contributed by atoms with van der Waals surface area (Å²) < 4.78 is 0. The number of carbonyl (C=O) groups is 1. The van der Waals surface area contributed by atoms with Gasteiger partial charge < -0.3 is 5.32 Å². The van der Waals surface area contributed by atoms with Gasteiger partial charge in [0.2, 0.25) is 0 Å². The molecule has 2 rings (SSSR count). The number of carbonyl (C=O) groups excluding carboxylic acids is 1. The highest BCUT2D eigenvalue weighted by Crippen LogP contribution is 2.18. The zero-order valence-electron chi connectivity index (χ0n) is 8.77. The normalized spacial score (nSPS) is 10.1.